The van der Waals surface area contributed by atoms with Crippen LogP contribution in [0.5, 0.6) is 0 Å². The highest BCUT2D eigenvalue weighted by Gasteiger charge is 2.28. The molecule has 0 aromatic heterocycles. The van der Waals surface area contributed by atoms with Gasteiger partial charge in [-0.05, 0) is 63.3 Å². The fraction of sp³-hybridized carbons (Fsp3) is 0.435. The average molecular weight is 462 g/mol. The minimum atomic E-state index is -0.940. The molecule has 1 aromatic carbocycles. The lowest BCUT2D eigenvalue weighted by molar-refractivity contribution is -0.136. The summed E-state index contributed by atoms with van der Waals surface area (Å²) in [5.41, 5.74) is 5.95. The number of nitrogens with zero attached hydrogens (tertiary/aromatic N) is 1. The first-order chi connectivity index (χ1) is 13.6. The monoisotopic (exact) mass is 461 g/mol. The lowest BCUT2D eigenvalue weighted by Gasteiger charge is -2.33. The van der Waals surface area contributed by atoms with E-state index in [1.165, 1.54) is 5.56 Å². The number of carbonyl (C=O) groups excluding carboxylic acids is 1. The summed E-state index contributed by atoms with van der Waals surface area (Å²) in [4.78, 5) is 25.5. The number of hydrogen-bond donors (Lipinski definition) is 1. The first-order valence-corrected chi connectivity index (χ1v) is 10.4. The minimum absolute atomic E-state index is 0.164. The highest BCUT2D eigenvalue weighted by molar-refractivity contribution is 9.10. The van der Waals surface area contributed by atoms with E-state index >= 15 is 0 Å². The van der Waals surface area contributed by atoms with Crippen molar-refractivity contribution in [2.45, 2.75) is 52.1 Å². The van der Waals surface area contributed by atoms with Crippen LogP contribution in [0.25, 0.3) is 0 Å². The largest absolute Gasteiger partial charge is 0.481 e. The maximum Gasteiger partial charge on any atom is 0.410 e. The molecule has 1 aliphatic heterocycles. The maximum atomic E-state index is 12.5. The molecule has 0 atom stereocenters. The molecule has 1 heterocycles. The van der Waals surface area contributed by atoms with E-state index in [2.05, 4.69) is 40.4 Å². The molecule has 0 fully saturated rings. The van der Waals surface area contributed by atoms with Crippen molar-refractivity contribution in [1.82, 2.24) is 4.90 Å². The van der Waals surface area contributed by atoms with Crippen molar-refractivity contribution in [1.29, 1.82) is 0 Å². The van der Waals surface area contributed by atoms with E-state index in [1.54, 1.807) is 4.90 Å². The van der Waals surface area contributed by atoms with Crippen LogP contribution in [0.2, 0.25) is 0 Å². The second-order valence-corrected chi connectivity index (χ2v) is 9.00. The molecular formula is C23H28BrNO4. The summed E-state index contributed by atoms with van der Waals surface area (Å²) >= 11 is 3.44. The first kappa shape index (κ1) is 23.0. The Labute approximate surface area is 180 Å². The van der Waals surface area contributed by atoms with E-state index in [-0.39, 0.29) is 12.5 Å². The molecular weight excluding hydrogens is 434 g/mol. The van der Waals surface area contributed by atoms with Crippen LogP contribution in [0.3, 0.4) is 0 Å². The van der Waals surface area contributed by atoms with Crippen molar-refractivity contribution in [2.24, 2.45) is 0 Å². The molecule has 0 saturated heterocycles. The van der Waals surface area contributed by atoms with Gasteiger partial charge in [-0.1, -0.05) is 40.2 Å². The van der Waals surface area contributed by atoms with Crippen LogP contribution in [-0.2, 0) is 16.0 Å². The van der Waals surface area contributed by atoms with Crippen molar-refractivity contribution < 1.29 is 19.4 Å². The molecule has 0 bridgehead atoms. The number of aryl methyl sites for hydroxylation is 1. The van der Waals surface area contributed by atoms with Gasteiger partial charge in [0.1, 0.15) is 5.60 Å². The highest BCUT2D eigenvalue weighted by Crippen LogP contribution is 2.29. The predicted molar refractivity (Wildman–Crippen MR) is 117 cm³/mol. The lowest BCUT2D eigenvalue weighted by atomic mass is 9.89. The van der Waals surface area contributed by atoms with Crippen molar-refractivity contribution in [3.8, 4) is 0 Å². The average Bonchev–Trinajstić information content (AvgIpc) is 2.64. The van der Waals surface area contributed by atoms with Crippen LogP contribution in [0, 0.1) is 0 Å². The van der Waals surface area contributed by atoms with Gasteiger partial charge in [0.2, 0.25) is 0 Å². The molecule has 6 heteroatoms. The number of carbonyl (C=O) groups is 2. The van der Waals surface area contributed by atoms with Gasteiger partial charge in [0, 0.05) is 23.1 Å². The Morgan fingerprint density at radius 3 is 2.45 bits per heavy atom. The molecule has 1 aliphatic rings. The predicted octanol–water partition coefficient (Wildman–Crippen LogP) is 5.51. The number of carboxylic acid groups (broad SMARTS) is 1. The van der Waals surface area contributed by atoms with Gasteiger partial charge in [-0.3, -0.25) is 4.79 Å². The van der Waals surface area contributed by atoms with Gasteiger partial charge in [0.15, 0.2) is 0 Å². The van der Waals surface area contributed by atoms with Gasteiger partial charge in [-0.2, -0.15) is 0 Å². The molecule has 0 aliphatic carbocycles. The third-order valence-electron chi connectivity index (χ3n) is 4.65. The summed E-state index contributed by atoms with van der Waals surface area (Å²) in [5, 5.41) is 9.27. The summed E-state index contributed by atoms with van der Waals surface area (Å²) in [7, 11) is 0. The Kier molecular flexibility index (Phi) is 7.88. The molecule has 29 heavy (non-hydrogen) atoms. The highest BCUT2D eigenvalue weighted by atomic mass is 79.9. The number of halogens is 1. The SMILES string of the molecule is C=C=C(CC(=O)O)C1=C(CCc2ccc(Br)cc2)CCN(C(=O)OC(C)(C)C)C1. The third-order valence-corrected chi connectivity index (χ3v) is 5.17. The molecule has 0 unspecified atom stereocenters. The Morgan fingerprint density at radius 2 is 1.90 bits per heavy atom. The zero-order chi connectivity index (χ0) is 21.6. The third kappa shape index (κ3) is 7.22. The van der Waals surface area contributed by atoms with Gasteiger partial charge >= 0.3 is 12.1 Å². The van der Waals surface area contributed by atoms with Crippen LogP contribution >= 0.6 is 15.9 Å². The van der Waals surface area contributed by atoms with Crippen LogP contribution in [-0.4, -0.2) is 40.8 Å². The number of amides is 1. The molecule has 0 saturated carbocycles. The van der Waals surface area contributed by atoms with Gasteiger partial charge in [0.25, 0.3) is 0 Å². The zero-order valence-corrected chi connectivity index (χ0v) is 18.8. The fourth-order valence-corrected chi connectivity index (χ4v) is 3.51. The Balaban J connectivity index is 2.25. The van der Waals surface area contributed by atoms with E-state index in [4.69, 9.17) is 4.74 Å². The Hall–Kier alpha value is -2.30. The molecule has 0 spiro atoms. The standard InChI is InChI=1S/C23H28BrNO4/c1-5-17(14-21(26)27)20-15-25(22(28)29-23(2,3)4)13-12-18(20)9-6-16-7-10-19(24)11-8-16/h7-8,10-11H,1,6,9,12-15H2,2-4H3,(H,26,27). The number of ether oxygens (including phenoxy) is 1. The van der Waals surface area contributed by atoms with Crippen LogP contribution < -0.4 is 0 Å². The van der Waals surface area contributed by atoms with Gasteiger partial charge in [-0.25, -0.2) is 4.79 Å². The summed E-state index contributed by atoms with van der Waals surface area (Å²) < 4.78 is 6.53. The lowest BCUT2D eigenvalue weighted by Crippen LogP contribution is -2.41. The summed E-state index contributed by atoms with van der Waals surface area (Å²) in [6, 6.07) is 8.16. The number of hydrogen-bond acceptors (Lipinski definition) is 3. The molecule has 1 aromatic rings. The minimum Gasteiger partial charge on any atom is -0.481 e. The van der Waals surface area contributed by atoms with Crippen molar-refractivity contribution >= 4 is 28.0 Å². The van der Waals surface area contributed by atoms with E-state index < -0.39 is 11.6 Å². The smallest absolute Gasteiger partial charge is 0.410 e. The number of benzene rings is 1. The van der Waals surface area contributed by atoms with Crippen LogP contribution in [0.1, 0.15) is 45.6 Å². The van der Waals surface area contributed by atoms with Gasteiger partial charge < -0.3 is 14.7 Å². The molecule has 156 valence electrons. The number of rotatable bonds is 6. The normalized spacial score (nSPS) is 14.4. The maximum absolute atomic E-state index is 12.5. The van der Waals surface area contributed by atoms with Crippen molar-refractivity contribution in [3.63, 3.8) is 0 Å². The molecule has 1 N–H and O–H groups in total. The van der Waals surface area contributed by atoms with Crippen molar-refractivity contribution in [3.05, 3.63) is 63.3 Å². The summed E-state index contributed by atoms with van der Waals surface area (Å²) in [6.45, 7) is 10.0. The molecule has 0 radical (unpaired) electrons. The number of aliphatic carboxylic acids is 1. The Morgan fingerprint density at radius 1 is 1.24 bits per heavy atom. The second kappa shape index (κ2) is 9.95. The summed E-state index contributed by atoms with van der Waals surface area (Å²) in [6.07, 6.45) is 1.76. The van der Waals surface area contributed by atoms with E-state index in [0.717, 1.165) is 28.5 Å². The summed E-state index contributed by atoms with van der Waals surface area (Å²) in [5.74, 6) is -0.940. The molecule has 2 rings (SSSR count). The number of carboxylic acids is 1. The second-order valence-electron chi connectivity index (χ2n) is 8.09. The fourth-order valence-electron chi connectivity index (χ4n) is 3.24. The van der Waals surface area contributed by atoms with Crippen LogP contribution in [0.15, 0.2) is 57.8 Å². The van der Waals surface area contributed by atoms with E-state index in [0.29, 0.717) is 25.1 Å². The molecule has 5 nitrogen and oxygen atoms in total. The van der Waals surface area contributed by atoms with Gasteiger partial charge in [0.05, 0.1) is 6.42 Å². The zero-order valence-electron chi connectivity index (χ0n) is 17.3. The topological polar surface area (TPSA) is 66.8 Å². The quantitative estimate of drug-likeness (QED) is 0.567. The Bertz CT molecular complexity index is 843. The van der Waals surface area contributed by atoms with Gasteiger partial charge in [-0.15, -0.1) is 5.73 Å². The van der Waals surface area contributed by atoms with E-state index in [1.807, 2.05) is 32.9 Å². The molecule has 1 amide bonds. The van der Waals surface area contributed by atoms with Crippen molar-refractivity contribution in [2.75, 3.05) is 13.1 Å². The first-order valence-electron chi connectivity index (χ1n) is 9.63. The van der Waals surface area contributed by atoms with Crippen LogP contribution in [0.4, 0.5) is 4.79 Å². The van der Waals surface area contributed by atoms with E-state index in [9.17, 15) is 14.7 Å².